The number of halogens is 3. The fraction of sp³-hybridized carbons (Fsp3) is 0.389. The van der Waals surface area contributed by atoms with Gasteiger partial charge < -0.3 is 25.3 Å². The third kappa shape index (κ3) is 5.10. The Bertz CT molecular complexity index is 821. The largest absolute Gasteiger partial charge is 0.573 e. The molecule has 0 amide bonds. The van der Waals surface area contributed by atoms with E-state index >= 15 is 0 Å². The van der Waals surface area contributed by atoms with Crippen molar-refractivity contribution in [1.29, 1.82) is 5.41 Å². The fourth-order valence-electron chi connectivity index (χ4n) is 2.97. The lowest BCUT2D eigenvalue weighted by atomic mass is 10.2. The van der Waals surface area contributed by atoms with E-state index in [0.29, 0.717) is 22.8 Å². The molecule has 0 radical (unpaired) electrons. The molecule has 0 aliphatic carbocycles. The molecule has 1 saturated heterocycles. The third-order valence-electron chi connectivity index (χ3n) is 4.40. The van der Waals surface area contributed by atoms with Crippen molar-refractivity contribution >= 4 is 17.9 Å². The molecule has 2 N–H and O–H groups in total. The SMILES string of the molecule is CN1CCN(c2ncnc(NCc3cccc(OC(F)(F)F)c3)c2C=N)CC1. The monoisotopic (exact) mass is 394 g/mol. The summed E-state index contributed by atoms with van der Waals surface area (Å²) in [7, 11) is 2.05. The van der Waals surface area contributed by atoms with Gasteiger partial charge in [-0.15, -0.1) is 13.2 Å². The minimum atomic E-state index is -4.73. The molecule has 0 atom stereocenters. The van der Waals surface area contributed by atoms with Crippen LogP contribution in [0.4, 0.5) is 24.8 Å². The molecule has 3 rings (SSSR count). The molecule has 10 heteroatoms. The third-order valence-corrected chi connectivity index (χ3v) is 4.40. The number of hydrogen-bond donors (Lipinski definition) is 2. The Morgan fingerprint density at radius 3 is 2.64 bits per heavy atom. The standard InChI is InChI=1S/C18H21F3N6O/c1-26-5-7-27(8-6-26)17-15(10-22)16(24-12-25-17)23-11-13-3-2-4-14(9-13)28-18(19,20)21/h2-4,9-10,12,22H,5-8,11H2,1H3,(H,23,24,25). The maximum Gasteiger partial charge on any atom is 0.573 e. The number of ether oxygens (including phenoxy) is 1. The Hall–Kier alpha value is -2.88. The highest BCUT2D eigenvalue weighted by Crippen LogP contribution is 2.25. The normalized spacial score (nSPS) is 15.4. The summed E-state index contributed by atoms with van der Waals surface area (Å²) in [5.74, 6) is 0.857. The molecule has 0 spiro atoms. The highest BCUT2D eigenvalue weighted by Gasteiger charge is 2.31. The summed E-state index contributed by atoms with van der Waals surface area (Å²) in [6.45, 7) is 3.62. The molecular formula is C18H21F3N6O. The molecule has 1 aliphatic heterocycles. The topological polar surface area (TPSA) is 77.4 Å². The first-order valence-corrected chi connectivity index (χ1v) is 8.73. The zero-order chi connectivity index (χ0) is 20.1. The lowest BCUT2D eigenvalue weighted by Gasteiger charge is -2.34. The van der Waals surface area contributed by atoms with Gasteiger partial charge in [0.25, 0.3) is 0 Å². The van der Waals surface area contributed by atoms with Gasteiger partial charge in [0, 0.05) is 38.9 Å². The van der Waals surface area contributed by atoms with Gasteiger partial charge in [0.1, 0.15) is 23.7 Å². The van der Waals surface area contributed by atoms with Gasteiger partial charge in [-0.25, -0.2) is 9.97 Å². The summed E-state index contributed by atoms with van der Waals surface area (Å²) in [5.41, 5.74) is 1.15. The highest BCUT2D eigenvalue weighted by atomic mass is 19.4. The van der Waals surface area contributed by atoms with Crippen LogP contribution >= 0.6 is 0 Å². The minimum Gasteiger partial charge on any atom is -0.406 e. The Labute approximate surface area is 160 Å². The van der Waals surface area contributed by atoms with Crippen molar-refractivity contribution < 1.29 is 17.9 Å². The molecule has 2 heterocycles. The van der Waals surface area contributed by atoms with Crippen LogP contribution in [0.5, 0.6) is 5.75 Å². The van der Waals surface area contributed by atoms with Crippen LogP contribution in [0, 0.1) is 5.41 Å². The molecule has 28 heavy (non-hydrogen) atoms. The molecule has 1 aromatic heterocycles. The number of benzene rings is 1. The Kier molecular flexibility index (Phi) is 5.98. The zero-order valence-electron chi connectivity index (χ0n) is 15.3. The van der Waals surface area contributed by atoms with Crippen LogP contribution in [0.3, 0.4) is 0 Å². The lowest BCUT2D eigenvalue weighted by Crippen LogP contribution is -2.45. The predicted molar refractivity (Wildman–Crippen MR) is 100 cm³/mol. The summed E-state index contributed by atoms with van der Waals surface area (Å²) in [6.07, 6.45) is -2.12. The van der Waals surface area contributed by atoms with Gasteiger partial charge in [-0.1, -0.05) is 12.1 Å². The van der Waals surface area contributed by atoms with Crippen LogP contribution < -0.4 is 15.0 Å². The van der Waals surface area contributed by atoms with Crippen LogP contribution in [0.15, 0.2) is 30.6 Å². The summed E-state index contributed by atoms with van der Waals surface area (Å²) < 4.78 is 41.1. The minimum absolute atomic E-state index is 0.231. The molecule has 1 aliphatic rings. The van der Waals surface area contributed by atoms with Crippen LogP contribution in [-0.2, 0) is 6.54 Å². The number of likely N-dealkylation sites (N-methyl/N-ethyl adjacent to an activating group) is 1. The van der Waals surface area contributed by atoms with Crippen LogP contribution in [0.1, 0.15) is 11.1 Å². The smallest absolute Gasteiger partial charge is 0.406 e. The molecule has 0 saturated carbocycles. The molecule has 1 aromatic carbocycles. The van der Waals surface area contributed by atoms with E-state index in [2.05, 4.69) is 36.9 Å². The van der Waals surface area contributed by atoms with E-state index < -0.39 is 6.36 Å². The molecule has 7 nitrogen and oxygen atoms in total. The van der Waals surface area contributed by atoms with E-state index in [1.54, 1.807) is 6.07 Å². The second-order valence-electron chi connectivity index (χ2n) is 6.44. The number of anilines is 2. The van der Waals surface area contributed by atoms with Crippen molar-refractivity contribution in [2.75, 3.05) is 43.4 Å². The van der Waals surface area contributed by atoms with Gasteiger partial charge in [-0.2, -0.15) is 0 Å². The van der Waals surface area contributed by atoms with Crippen molar-refractivity contribution in [2.24, 2.45) is 0 Å². The van der Waals surface area contributed by atoms with Crippen molar-refractivity contribution in [3.05, 3.63) is 41.7 Å². The molecule has 1 fully saturated rings. The van der Waals surface area contributed by atoms with E-state index in [-0.39, 0.29) is 12.3 Å². The maximum absolute atomic E-state index is 12.4. The van der Waals surface area contributed by atoms with Gasteiger partial charge in [-0.05, 0) is 24.7 Å². The Morgan fingerprint density at radius 2 is 1.96 bits per heavy atom. The lowest BCUT2D eigenvalue weighted by molar-refractivity contribution is -0.274. The van der Waals surface area contributed by atoms with E-state index in [1.165, 1.54) is 30.7 Å². The molecular weight excluding hydrogens is 373 g/mol. The van der Waals surface area contributed by atoms with E-state index in [9.17, 15) is 13.2 Å². The summed E-state index contributed by atoms with van der Waals surface area (Å²) in [4.78, 5) is 12.8. The average molecular weight is 394 g/mol. The van der Waals surface area contributed by atoms with Gasteiger partial charge >= 0.3 is 6.36 Å². The number of hydrogen-bond acceptors (Lipinski definition) is 7. The predicted octanol–water partition coefficient (Wildman–Crippen LogP) is 2.74. The number of alkyl halides is 3. The van der Waals surface area contributed by atoms with Crippen molar-refractivity contribution in [2.45, 2.75) is 12.9 Å². The zero-order valence-corrected chi connectivity index (χ0v) is 15.3. The van der Waals surface area contributed by atoms with Crippen LogP contribution in [-0.4, -0.2) is 60.7 Å². The number of rotatable bonds is 6. The number of piperazine rings is 1. The first kappa shape index (κ1) is 19.9. The molecule has 0 bridgehead atoms. The molecule has 2 aromatic rings. The first-order valence-electron chi connectivity index (χ1n) is 8.73. The van der Waals surface area contributed by atoms with Crippen LogP contribution in [0.25, 0.3) is 0 Å². The number of aromatic nitrogens is 2. The molecule has 150 valence electrons. The van der Waals surface area contributed by atoms with Gasteiger partial charge in [0.05, 0.1) is 5.56 Å². The van der Waals surface area contributed by atoms with Crippen molar-refractivity contribution in [3.63, 3.8) is 0 Å². The Balaban J connectivity index is 1.73. The summed E-state index contributed by atoms with van der Waals surface area (Å²) >= 11 is 0. The van der Waals surface area contributed by atoms with E-state index in [0.717, 1.165) is 26.2 Å². The molecule has 0 unspecified atom stereocenters. The number of nitrogens with one attached hydrogen (secondary N) is 2. The second-order valence-corrected chi connectivity index (χ2v) is 6.44. The van der Waals surface area contributed by atoms with Crippen molar-refractivity contribution in [3.8, 4) is 5.75 Å². The Morgan fingerprint density at radius 1 is 1.21 bits per heavy atom. The van der Waals surface area contributed by atoms with Gasteiger partial charge in [-0.3, -0.25) is 0 Å². The summed E-state index contributed by atoms with van der Waals surface area (Å²) in [5, 5.41) is 10.9. The first-order chi connectivity index (χ1) is 13.4. The fourth-order valence-corrected chi connectivity index (χ4v) is 2.97. The van der Waals surface area contributed by atoms with Gasteiger partial charge in [0.15, 0.2) is 0 Å². The maximum atomic E-state index is 12.4. The quantitative estimate of drug-likeness (QED) is 0.734. The van der Waals surface area contributed by atoms with E-state index in [4.69, 9.17) is 5.41 Å². The average Bonchev–Trinajstić information content (AvgIpc) is 2.65. The number of nitrogens with zero attached hydrogens (tertiary/aromatic N) is 4. The van der Waals surface area contributed by atoms with E-state index in [1.807, 2.05) is 0 Å². The van der Waals surface area contributed by atoms with Gasteiger partial charge in [0.2, 0.25) is 0 Å². The summed E-state index contributed by atoms with van der Waals surface area (Å²) in [6, 6.07) is 5.73. The van der Waals surface area contributed by atoms with Crippen LogP contribution in [0.2, 0.25) is 0 Å². The second kappa shape index (κ2) is 8.42. The van der Waals surface area contributed by atoms with Crippen molar-refractivity contribution in [1.82, 2.24) is 14.9 Å². The highest BCUT2D eigenvalue weighted by molar-refractivity contribution is 5.91.